The van der Waals surface area contributed by atoms with Crippen molar-refractivity contribution in [3.63, 3.8) is 0 Å². The molecule has 0 aliphatic carbocycles. The van der Waals surface area contributed by atoms with Crippen molar-refractivity contribution in [3.8, 4) is 11.5 Å². The molecule has 0 bridgehead atoms. The minimum Gasteiger partial charge on any atom is -0.505 e. The summed E-state index contributed by atoms with van der Waals surface area (Å²) in [7, 11) is 0. The highest BCUT2D eigenvalue weighted by Gasteiger charge is 2.01. The zero-order chi connectivity index (χ0) is 14.4. The summed E-state index contributed by atoms with van der Waals surface area (Å²) in [5.74, 6) is -0.0701. The molecule has 2 N–H and O–H groups in total. The first-order valence-corrected chi connectivity index (χ1v) is 6.53. The first-order chi connectivity index (χ1) is 9.65. The normalized spacial score (nSPS) is 10.5. The largest absolute Gasteiger partial charge is 0.505 e. The molecule has 0 radical (unpaired) electrons. The van der Waals surface area contributed by atoms with Gasteiger partial charge in [-0.2, -0.15) is 0 Å². The van der Waals surface area contributed by atoms with Crippen LogP contribution in [0.1, 0.15) is 11.1 Å². The van der Waals surface area contributed by atoms with Crippen molar-refractivity contribution in [3.05, 3.63) is 59.4 Å². The minimum atomic E-state index is -0.597. The van der Waals surface area contributed by atoms with Crippen LogP contribution in [0.3, 0.4) is 0 Å². The number of hydrogen-bond acceptors (Lipinski definition) is 3. The van der Waals surface area contributed by atoms with Crippen molar-refractivity contribution in [1.82, 2.24) is 5.32 Å². The number of halogens is 1. The summed E-state index contributed by atoms with van der Waals surface area (Å²) in [6.45, 7) is 3.76. The van der Waals surface area contributed by atoms with E-state index in [1.165, 1.54) is 12.1 Å². The zero-order valence-electron chi connectivity index (χ0n) is 11.4. The van der Waals surface area contributed by atoms with Crippen LogP contribution in [0.5, 0.6) is 11.5 Å². The van der Waals surface area contributed by atoms with Crippen LogP contribution in [0.15, 0.2) is 42.5 Å². The number of phenolic OH excluding ortho intramolecular Hbond substituents is 1. The van der Waals surface area contributed by atoms with Crippen LogP contribution in [-0.4, -0.2) is 18.3 Å². The monoisotopic (exact) mass is 275 g/mol. The molecule has 3 nitrogen and oxygen atoms in total. The fraction of sp³-hybridized carbons (Fsp3) is 0.250. The Labute approximate surface area is 118 Å². The highest BCUT2D eigenvalue weighted by Crippen LogP contribution is 2.16. The Morgan fingerprint density at radius 3 is 2.80 bits per heavy atom. The van der Waals surface area contributed by atoms with Gasteiger partial charge in [-0.1, -0.05) is 18.2 Å². The maximum atomic E-state index is 13.1. The third kappa shape index (κ3) is 4.24. The molecular formula is C16H18FNO2. The number of aryl methyl sites for hydroxylation is 1. The van der Waals surface area contributed by atoms with Gasteiger partial charge in [0.05, 0.1) is 0 Å². The number of rotatable bonds is 6. The highest BCUT2D eigenvalue weighted by atomic mass is 19.1. The molecule has 2 aromatic rings. The number of phenols is 1. The molecule has 0 aliphatic heterocycles. The van der Waals surface area contributed by atoms with E-state index in [4.69, 9.17) is 9.84 Å². The van der Waals surface area contributed by atoms with Gasteiger partial charge in [0.1, 0.15) is 12.4 Å². The quantitative estimate of drug-likeness (QED) is 0.796. The maximum absolute atomic E-state index is 13.1. The van der Waals surface area contributed by atoms with Crippen molar-refractivity contribution in [1.29, 1.82) is 0 Å². The molecule has 0 heterocycles. The molecule has 106 valence electrons. The summed E-state index contributed by atoms with van der Waals surface area (Å²) >= 11 is 0. The lowest BCUT2D eigenvalue weighted by Gasteiger charge is -2.08. The Kier molecular flexibility index (Phi) is 4.96. The molecule has 0 fully saturated rings. The predicted octanol–water partition coefficient (Wildman–Crippen LogP) is 3.01. The van der Waals surface area contributed by atoms with Crippen molar-refractivity contribution in [2.45, 2.75) is 13.5 Å². The fourth-order valence-electron chi connectivity index (χ4n) is 1.84. The van der Waals surface area contributed by atoms with E-state index < -0.39 is 5.82 Å². The van der Waals surface area contributed by atoms with Crippen LogP contribution >= 0.6 is 0 Å². The van der Waals surface area contributed by atoms with E-state index in [2.05, 4.69) is 5.32 Å². The third-order valence-corrected chi connectivity index (χ3v) is 2.88. The molecule has 0 atom stereocenters. The zero-order valence-corrected chi connectivity index (χ0v) is 11.4. The maximum Gasteiger partial charge on any atom is 0.165 e. The number of nitrogens with one attached hydrogen (secondary N) is 1. The molecule has 0 saturated heterocycles. The van der Waals surface area contributed by atoms with Gasteiger partial charge in [-0.15, -0.1) is 0 Å². The van der Waals surface area contributed by atoms with E-state index in [1.54, 1.807) is 6.07 Å². The fourth-order valence-corrected chi connectivity index (χ4v) is 1.84. The Balaban J connectivity index is 1.70. The van der Waals surface area contributed by atoms with Crippen molar-refractivity contribution < 1.29 is 14.2 Å². The molecule has 0 aromatic heterocycles. The standard InChI is InChI=1S/C16H18FNO2/c1-12-3-2-4-14(9-12)20-8-7-18-11-13-5-6-16(19)15(17)10-13/h2-6,9-10,18-19H,7-8,11H2,1H3. The molecule has 0 spiro atoms. The predicted molar refractivity (Wildman–Crippen MR) is 76.4 cm³/mol. The summed E-state index contributed by atoms with van der Waals surface area (Å²) < 4.78 is 18.7. The summed E-state index contributed by atoms with van der Waals surface area (Å²) in [6, 6.07) is 12.2. The first kappa shape index (κ1) is 14.3. The van der Waals surface area contributed by atoms with Crippen LogP contribution in [0, 0.1) is 12.7 Å². The molecule has 0 unspecified atom stereocenters. The molecule has 0 aliphatic rings. The lowest BCUT2D eigenvalue weighted by Crippen LogP contribution is -2.20. The van der Waals surface area contributed by atoms with Crippen molar-refractivity contribution >= 4 is 0 Å². The van der Waals surface area contributed by atoms with Crippen LogP contribution < -0.4 is 10.1 Å². The van der Waals surface area contributed by atoms with E-state index in [0.29, 0.717) is 19.7 Å². The second kappa shape index (κ2) is 6.91. The van der Waals surface area contributed by atoms with Crippen molar-refractivity contribution in [2.24, 2.45) is 0 Å². The average Bonchev–Trinajstić information content (AvgIpc) is 2.42. The van der Waals surface area contributed by atoms with Gasteiger partial charge in [-0.25, -0.2) is 4.39 Å². The topological polar surface area (TPSA) is 41.5 Å². The van der Waals surface area contributed by atoms with E-state index in [9.17, 15) is 4.39 Å². The molecule has 20 heavy (non-hydrogen) atoms. The molecule has 2 rings (SSSR count). The Morgan fingerprint density at radius 2 is 2.05 bits per heavy atom. The molecule has 0 saturated carbocycles. The van der Waals surface area contributed by atoms with Gasteiger partial charge < -0.3 is 15.2 Å². The van der Waals surface area contributed by atoms with Gasteiger partial charge >= 0.3 is 0 Å². The number of hydrogen-bond donors (Lipinski definition) is 2. The Hall–Kier alpha value is -2.07. The second-order valence-electron chi connectivity index (χ2n) is 4.63. The van der Waals surface area contributed by atoms with E-state index in [1.807, 2.05) is 31.2 Å². The second-order valence-corrected chi connectivity index (χ2v) is 4.63. The van der Waals surface area contributed by atoms with Gasteiger partial charge in [0.25, 0.3) is 0 Å². The average molecular weight is 275 g/mol. The van der Waals surface area contributed by atoms with Gasteiger partial charge in [-0.3, -0.25) is 0 Å². The van der Waals surface area contributed by atoms with Gasteiger partial charge in [0.2, 0.25) is 0 Å². The van der Waals surface area contributed by atoms with Crippen LogP contribution in [0.2, 0.25) is 0 Å². The van der Waals surface area contributed by atoms with E-state index in [-0.39, 0.29) is 5.75 Å². The van der Waals surface area contributed by atoms with Crippen LogP contribution in [0.25, 0.3) is 0 Å². The lowest BCUT2D eigenvalue weighted by molar-refractivity contribution is 0.313. The molecule has 0 amide bonds. The summed E-state index contributed by atoms with van der Waals surface area (Å²) in [5.41, 5.74) is 1.95. The summed E-state index contributed by atoms with van der Waals surface area (Å²) in [5, 5.41) is 12.2. The third-order valence-electron chi connectivity index (χ3n) is 2.88. The highest BCUT2D eigenvalue weighted by molar-refractivity contribution is 5.28. The molecular weight excluding hydrogens is 257 g/mol. The molecule has 4 heteroatoms. The summed E-state index contributed by atoms with van der Waals surface area (Å²) in [6.07, 6.45) is 0. The van der Waals surface area contributed by atoms with Crippen LogP contribution in [-0.2, 0) is 6.54 Å². The van der Waals surface area contributed by atoms with E-state index in [0.717, 1.165) is 16.9 Å². The minimum absolute atomic E-state index is 0.323. The van der Waals surface area contributed by atoms with Gasteiger partial charge in [0.15, 0.2) is 11.6 Å². The lowest BCUT2D eigenvalue weighted by atomic mass is 10.2. The van der Waals surface area contributed by atoms with Gasteiger partial charge in [0, 0.05) is 13.1 Å². The number of benzene rings is 2. The SMILES string of the molecule is Cc1cccc(OCCNCc2ccc(O)c(F)c2)c1. The van der Waals surface area contributed by atoms with E-state index >= 15 is 0 Å². The van der Waals surface area contributed by atoms with Gasteiger partial charge in [-0.05, 0) is 42.3 Å². The Bertz CT molecular complexity index is 572. The molecule has 2 aromatic carbocycles. The van der Waals surface area contributed by atoms with Crippen LogP contribution in [0.4, 0.5) is 4.39 Å². The first-order valence-electron chi connectivity index (χ1n) is 6.53. The number of ether oxygens (including phenoxy) is 1. The Morgan fingerprint density at radius 1 is 1.20 bits per heavy atom. The summed E-state index contributed by atoms with van der Waals surface area (Å²) in [4.78, 5) is 0. The van der Waals surface area contributed by atoms with Crippen molar-refractivity contribution in [2.75, 3.05) is 13.2 Å². The number of aromatic hydroxyl groups is 1. The smallest absolute Gasteiger partial charge is 0.165 e.